The molecule has 76 heavy (non-hydrogen) atoms. The molecule has 2 saturated carbocycles. The molecular formula is C55H59NO20. The third kappa shape index (κ3) is 10.8. The first-order valence-electron chi connectivity index (χ1n) is 24.5. The van der Waals surface area contributed by atoms with Crippen molar-refractivity contribution in [2.75, 3.05) is 6.61 Å². The van der Waals surface area contributed by atoms with E-state index in [0.717, 1.165) is 13.8 Å². The molecule has 3 aromatic rings. The van der Waals surface area contributed by atoms with Gasteiger partial charge in [0.1, 0.15) is 36.1 Å². The second kappa shape index (κ2) is 22.2. The van der Waals surface area contributed by atoms with Crippen molar-refractivity contribution in [1.29, 1.82) is 0 Å². The average molecular weight is 1050 g/mol. The lowest BCUT2D eigenvalue weighted by Gasteiger charge is -2.67. The Morgan fingerprint density at radius 1 is 0.724 bits per heavy atom. The summed E-state index contributed by atoms with van der Waals surface area (Å²) in [6.45, 7) is 7.28. The minimum absolute atomic E-state index is 0.00344. The van der Waals surface area contributed by atoms with E-state index >= 15 is 9.59 Å². The Morgan fingerprint density at radius 3 is 1.83 bits per heavy atom. The number of benzene rings is 3. The predicted molar refractivity (Wildman–Crippen MR) is 259 cm³/mol. The van der Waals surface area contributed by atoms with Crippen molar-refractivity contribution >= 4 is 59.4 Å². The fraction of sp³-hybridized carbons (Fsp3) is 0.455. The maximum Gasteiger partial charge on any atom is 0.350 e. The number of amides is 1. The number of fused-ring (bicyclic) bond motifs is 5. The first kappa shape index (κ1) is 56.0. The molecule has 7 rings (SSSR count). The van der Waals surface area contributed by atoms with E-state index in [4.69, 9.17) is 33.2 Å². The van der Waals surface area contributed by atoms with E-state index in [-0.39, 0.29) is 34.3 Å². The van der Waals surface area contributed by atoms with Gasteiger partial charge >= 0.3 is 47.8 Å². The zero-order valence-corrected chi connectivity index (χ0v) is 42.5. The summed E-state index contributed by atoms with van der Waals surface area (Å²) in [4.78, 5) is 137. The summed E-state index contributed by atoms with van der Waals surface area (Å²) in [5.74, 6) is -12.8. The molecule has 0 spiro atoms. The highest BCUT2D eigenvalue weighted by atomic mass is 16.6. The number of nitrogens with one attached hydrogen (secondary N) is 1. The number of hydrogen-bond acceptors (Lipinski definition) is 18. The van der Waals surface area contributed by atoms with Crippen LogP contribution in [0.15, 0.2) is 102 Å². The first-order chi connectivity index (χ1) is 35.8. The molecule has 2 bridgehead atoms. The van der Waals surface area contributed by atoms with E-state index in [1.807, 2.05) is 0 Å². The molecule has 4 N–H and O–H groups in total. The van der Waals surface area contributed by atoms with Gasteiger partial charge < -0.3 is 53.8 Å². The van der Waals surface area contributed by atoms with Gasteiger partial charge in [0.25, 0.3) is 5.91 Å². The van der Waals surface area contributed by atoms with E-state index in [1.54, 1.807) is 42.5 Å². The molecule has 1 aliphatic heterocycles. The van der Waals surface area contributed by atoms with E-state index in [2.05, 4.69) is 5.32 Å². The maximum atomic E-state index is 16.2. The molecule has 0 radical (unpaired) electrons. The number of hydrogen-bond donors (Lipinski definition) is 4. The molecular weight excluding hydrogens is 995 g/mol. The van der Waals surface area contributed by atoms with Crippen molar-refractivity contribution in [3.63, 3.8) is 0 Å². The fourth-order valence-electron chi connectivity index (χ4n) is 11.3. The Hall–Kier alpha value is -7.78. The standard InChI is InChI=1S/C55H59NO20/c1-29-35(72-51(68)45(74-41(64)25-23-39(61)62)43(32-16-10-7-11-17-32)56-49(66)33-18-12-8-13-19-33)27-55(69)48(75-50(67)34-20-14-9-15-21-34)46-53(6,47(65)44(71-30(2)57)42(29)52(55,4)5)36(73-40(63)24-22-38(59)60)26-37-54(46,28-70-37)76-31(3)58/h7-21,35-37,43-46,48,69H,22-28H2,1-6H3,(H,56,66)(H,59,60)(H,61,62)/t35?,36-,37?,43?,44+,45+,46?,48?,53+,54+,55+/m0/s1. The summed E-state index contributed by atoms with van der Waals surface area (Å²) in [5, 5.41) is 35.7. The normalized spacial score (nSPS) is 27.9. The van der Waals surface area contributed by atoms with Crippen LogP contribution in [0.25, 0.3) is 0 Å². The van der Waals surface area contributed by atoms with Gasteiger partial charge in [0.05, 0.1) is 49.2 Å². The van der Waals surface area contributed by atoms with Crippen molar-refractivity contribution in [3.8, 4) is 0 Å². The molecule has 1 amide bonds. The number of carboxylic acid groups (broad SMARTS) is 2. The van der Waals surface area contributed by atoms with Gasteiger partial charge in [0.15, 0.2) is 17.5 Å². The van der Waals surface area contributed by atoms with Gasteiger partial charge in [-0.05, 0) is 54.8 Å². The third-order valence-corrected chi connectivity index (χ3v) is 15.0. The van der Waals surface area contributed by atoms with Gasteiger partial charge in [0.2, 0.25) is 6.10 Å². The van der Waals surface area contributed by atoms with E-state index in [1.165, 1.54) is 76.2 Å². The van der Waals surface area contributed by atoms with Crippen LogP contribution in [0.2, 0.25) is 0 Å². The molecule has 404 valence electrons. The van der Waals surface area contributed by atoms with Gasteiger partial charge in [-0.3, -0.25) is 38.4 Å². The molecule has 0 aromatic heterocycles. The van der Waals surface area contributed by atoms with Crippen molar-refractivity contribution < 1.29 is 96.4 Å². The molecule has 11 atom stereocenters. The van der Waals surface area contributed by atoms with Crippen molar-refractivity contribution in [2.45, 2.75) is 134 Å². The van der Waals surface area contributed by atoms with Crippen LogP contribution >= 0.6 is 0 Å². The van der Waals surface area contributed by atoms with Crippen LogP contribution in [0.5, 0.6) is 0 Å². The van der Waals surface area contributed by atoms with Gasteiger partial charge in [-0.2, -0.15) is 0 Å². The van der Waals surface area contributed by atoms with Crippen LogP contribution in [0.1, 0.15) is 112 Å². The number of esters is 6. The molecule has 21 heteroatoms. The Morgan fingerprint density at radius 2 is 1.29 bits per heavy atom. The second-order valence-electron chi connectivity index (χ2n) is 20.1. The molecule has 1 heterocycles. The average Bonchev–Trinajstić information content (AvgIpc) is 3.37. The second-order valence-corrected chi connectivity index (χ2v) is 20.1. The highest BCUT2D eigenvalue weighted by Gasteiger charge is 2.79. The number of carbonyl (C=O) groups is 10. The van der Waals surface area contributed by atoms with Gasteiger partial charge in [-0.25, -0.2) is 9.59 Å². The van der Waals surface area contributed by atoms with Crippen LogP contribution in [-0.2, 0) is 71.5 Å². The monoisotopic (exact) mass is 1050 g/mol. The van der Waals surface area contributed by atoms with Gasteiger partial charge in [-0.1, -0.05) is 80.6 Å². The predicted octanol–water partition coefficient (Wildman–Crippen LogP) is 4.57. The summed E-state index contributed by atoms with van der Waals surface area (Å²) >= 11 is 0. The summed E-state index contributed by atoms with van der Waals surface area (Å²) in [6, 6.07) is 21.6. The van der Waals surface area contributed by atoms with E-state index < -0.39 is 169 Å². The lowest BCUT2D eigenvalue weighted by atomic mass is 9.44. The molecule has 21 nitrogen and oxygen atoms in total. The topological polar surface area (TPSA) is 308 Å². The molecule has 4 aliphatic rings. The quantitative estimate of drug-likeness (QED) is 0.0770. The molecule has 1 saturated heterocycles. The minimum Gasteiger partial charge on any atom is -0.481 e. The number of aliphatic carboxylic acids is 2. The Kier molecular flexibility index (Phi) is 16.3. The van der Waals surface area contributed by atoms with Crippen LogP contribution in [0, 0.1) is 16.7 Å². The van der Waals surface area contributed by atoms with Crippen LogP contribution < -0.4 is 5.32 Å². The summed E-state index contributed by atoms with van der Waals surface area (Å²) in [7, 11) is 0. The SMILES string of the molecule is CC(=O)O[C@H]1C(=O)[C@@]2(C)C(C(OC(=O)c3ccccc3)[C@]3(O)CC(OC(=O)[C@H](OC(=O)CCC(=O)O)C(NC(=O)c4ccccc4)c4ccccc4)C(C)=C1C3(C)C)[C@@]1(OC(C)=O)COC1C[C@@H]2OC(=O)CCC(=O)O. The number of aliphatic hydroxyl groups is 1. The van der Waals surface area contributed by atoms with E-state index in [9.17, 15) is 53.7 Å². The van der Waals surface area contributed by atoms with Crippen LogP contribution in [-0.4, -0.2) is 129 Å². The molecule has 5 unspecified atom stereocenters. The third-order valence-electron chi connectivity index (χ3n) is 15.0. The maximum absolute atomic E-state index is 16.2. The highest BCUT2D eigenvalue weighted by molar-refractivity contribution is 5.97. The van der Waals surface area contributed by atoms with Crippen molar-refractivity contribution in [2.24, 2.45) is 16.7 Å². The fourth-order valence-corrected chi connectivity index (χ4v) is 11.3. The Labute approximate surface area is 436 Å². The molecule has 3 aliphatic carbocycles. The lowest BCUT2D eigenvalue weighted by Crippen LogP contribution is -2.82. The number of carbonyl (C=O) groups excluding carboxylic acids is 8. The van der Waals surface area contributed by atoms with Gasteiger partial charge in [-0.15, -0.1) is 0 Å². The number of rotatable bonds is 18. The summed E-state index contributed by atoms with van der Waals surface area (Å²) in [5.41, 5.74) is -8.62. The largest absolute Gasteiger partial charge is 0.481 e. The Balaban J connectivity index is 1.45. The number of carboxylic acids is 2. The lowest BCUT2D eigenvalue weighted by molar-refractivity contribution is -0.346. The smallest absolute Gasteiger partial charge is 0.350 e. The van der Waals surface area contributed by atoms with Crippen LogP contribution in [0.3, 0.4) is 0 Å². The van der Waals surface area contributed by atoms with Crippen LogP contribution in [0.4, 0.5) is 0 Å². The zero-order valence-electron chi connectivity index (χ0n) is 42.5. The number of Topliss-reactive ketones (excluding diaryl/α,β-unsaturated/α-hetero) is 1. The Bertz CT molecular complexity index is 2810. The first-order valence-corrected chi connectivity index (χ1v) is 24.5. The highest BCUT2D eigenvalue weighted by Crippen LogP contribution is 2.65. The number of ether oxygens (including phenoxy) is 7. The van der Waals surface area contributed by atoms with Crippen molar-refractivity contribution in [1.82, 2.24) is 5.32 Å². The molecule has 3 fully saturated rings. The summed E-state index contributed by atoms with van der Waals surface area (Å²) < 4.78 is 42.7. The minimum atomic E-state index is -2.63. The summed E-state index contributed by atoms with van der Waals surface area (Å²) in [6.07, 6.45) is -14.6. The van der Waals surface area contributed by atoms with E-state index in [0.29, 0.717) is 0 Å². The van der Waals surface area contributed by atoms with Crippen molar-refractivity contribution in [3.05, 3.63) is 119 Å². The van der Waals surface area contributed by atoms with Gasteiger partial charge in [0, 0.05) is 37.7 Å². The zero-order chi connectivity index (χ0) is 55.5. The number of ketones is 1. The molecule has 3 aromatic carbocycles.